The Morgan fingerprint density at radius 1 is 0.739 bits per heavy atom. The molecule has 0 spiro atoms. The lowest BCUT2D eigenvalue weighted by Crippen LogP contribution is -2.36. The van der Waals surface area contributed by atoms with Gasteiger partial charge in [0.05, 0.1) is 0 Å². The molecule has 0 aromatic rings. The molecule has 140 valence electrons. The molecule has 0 radical (unpaired) electrons. The number of hydrogen-bond donors (Lipinski definition) is 2. The molecule has 0 amide bonds. The van der Waals surface area contributed by atoms with Gasteiger partial charge in [-0.1, -0.05) is 0 Å². The third-order valence-corrected chi connectivity index (χ3v) is 5.50. The van der Waals surface area contributed by atoms with Crippen molar-refractivity contribution in [1.82, 2.24) is 24.5 Å². The summed E-state index contributed by atoms with van der Waals surface area (Å²) < 4.78 is 14.8. The molecule has 3 N–H and O–H groups in total. The molecule has 0 aromatic carbocycles. The molecule has 0 aromatic heterocycles. The van der Waals surface area contributed by atoms with Crippen molar-refractivity contribution in [2.24, 2.45) is 5.50 Å². The zero-order chi connectivity index (χ0) is 17.9. The van der Waals surface area contributed by atoms with Crippen molar-refractivity contribution >= 4 is 7.59 Å². The minimum absolute atomic E-state index is 0.684. The summed E-state index contributed by atoms with van der Waals surface area (Å²) in [7, 11) is 9.34. The summed E-state index contributed by atoms with van der Waals surface area (Å²) in [6.07, 6.45) is 2.88. The van der Waals surface area contributed by atoms with Crippen molar-refractivity contribution in [1.29, 1.82) is 0 Å². The van der Waals surface area contributed by atoms with E-state index in [1.54, 1.807) is 0 Å². The van der Waals surface area contributed by atoms with Crippen molar-refractivity contribution in [2.75, 3.05) is 81.6 Å². The van der Waals surface area contributed by atoms with Crippen LogP contribution < -0.4 is 10.6 Å². The van der Waals surface area contributed by atoms with Crippen LogP contribution in [0.2, 0.25) is 0 Å². The molecule has 8 heteroatoms. The molecule has 0 aliphatic heterocycles. The van der Waals surface area contributed by atoms with E-state index in [0.29, 0.717) is 6.54 Å². The highest BCUT2D eigenvalue weighted by molar-refractivity contribution is 7.56. The van der Waals surface area contributed by atoms with Crippen LogP contribution in [0.1, 0.15) is 19.3 Å². The molecule has 23 heavy (non-hydrogen) atoms. The summed E-state index contributed by atoms with van der Waals surface area (Å²) in [6.45, 7) is 5.13. The Balaban J connectivity index is 4.42. The van der Waals surface area contributed by atoms with Gasteiger partial charge in [0.2, 0.25) is 0 Å². The summed E-state index contributed by atoms with van der Waals surface area (Å²) in [6, 6.07) is 0. The Morgan fingerprint density at radius 3 is 1.52 bits per heavy atom. The first kappa shape index (κ1) is 23.0. The quantitative estimate of drug-likeness (QED) is 0.355. The molecule has 0 heterocycles. The number of rotatable bonds is 14. The van der Waals surface area contributed by atoms with Gasteiger partial charge in [0.1, 0.15) is 0 Å². The van der Waals surface area contributed by atoms with Gasteiger partial charge in [-0.25, -0.2) is 9.76 Å². The summed E-state index contributed by atoms with van der Waals surface area (Å²) >= 11 is 0. The lowest BCUT2D eigenvalue weighted by atomic mass is 10.3. The van der Waals surface area contributed by atoms with Crippen LogP contribution in [-0.2, 0) is 4.57 Å². The van der Waals surface area contributed by atoms with E-state index in [1.165, 1.54) is 0 Å². The Morgan fingerprint density at radius 2 is 1.13 bits per heavy atom. The fourth-order valence-corrected chi connectivity index (χ4v) is 3.84. The van der Waals surface area contributed by atoms with Crippen molar-refractivity contribution < 1.29 is 4.57 Å². The Kier molecular flexibility index (Phi) is 12.4. The van der Waals surface area contributed by atoms with Gasteiger partial charge in [0.25, 0.3) is 7.59 Å². The first-order chi connectivity index (χ1) is 10.6. The molecular weight excluding hydrogens is 311 g/mol. The highest BCUT2D eigenvalue weighted by Crippen LogP contribution is 2.36. The normalized spacial score (nSPS) is 15.1. The Bertz CT molecular complexity index is 324. The monoisotopic (exact) mass is 350 g/mol. The Hall–Kier alpha value is -0.0100. The first-order valence-corrected chi connectivity index (χ1v) is 10.2. The van der Waals surface area contributed by atoms with E-state index < -0.39 is 7.59 Å². The van der Waals surface area contributed by atoms with Crippen LogP contribution in [0.15, 0.2) is 0 Å². The van der Waals surface area contributed by atoms with Crippen molar-refractivity contribution in [3.8, 4) is 0 Å². The second-order valence-electron chi connectivity index (χ2n) is 6.96. The van der Waals surface area contributed by atoms with Gasteiger partial charge in [0.15, 0.2) is 0 Å². The molecule has 0 aliphatic carbocycles. The van der Waals surface area contributed by atoms with Crippen molar-refractivity contribution in [3.63, 3.8) is 0 Å². The van der Waals surface area contributed by atoms with E-state index in [9.17, 15) is 4.57 Å². The molecule has 1 atom stereocenters. The highest BCUT2D eigenvalue weighted by atomic mass is 31.2. The fourth-order valence-electron chi connectivity index (χ4n) is 2.28. The zero-order valence-corrected chi connectivity index (χ0v) is 17.0. The molecule has 0 bridgehead atoms. The molecule has 0 rings (SSSR count). The van der Waals surface area contributed by atoms with Crippen LogP contribution in [0.3, 0.4) is 0 Å². The van der Waals surface area contributed by atoms with Gasteiger partial charge in [-0.15, -0.1) is 0 Å². The maximum atomic E-state index is 12.9. The van der Waals surface area contributed by atoms with Crippen LogP contribution in [0, 0.1) is 0 Å². The second kappa shape index (κ2) is 12.4. The third kappa shape index (κ3) is 13.0. The van der Waals surface area contributed by atoms with E-state index in [-0.39, 0.29) is 0 Å². The third-order valence-electron chi connectivity index (χ3n) is 3.58. The minimum atomic E-state index is -2.95. The molecule has 7 nitrogen and oxygen atoms in total. The molecule has 1 unspecified atom stereocenters. The lowest BCUT2D eigenvalue weighted by molar-refractivity contribution is 0.321. The predicted octanol–water partition coefficient (Wildman–Crippen LogP) is 0.800. The summed E-state index contributed by atoms with van der Waals surface area (Å²) in [5, 5.41) is 3.10. The topological polar surface area (TPSA) is 68.1 Å². The summed E-state index contributed by atoms with van der Waals surface area (Å²) in [5.41, 5.74) is 6.14. The van der Waals surface area contributed by atoms with Gasteiger partial charge in [-0.05, 0) is 81.2 Å². The van der Waals surface area contributed by atoms with E-state index >= 15 is 0 Å². The van der Waals surface area contributed by atoms with Crippen LogP contribution >= 0.6 is 7.59 Å². The van der Waals surface area contributed by atoms with Crippen LogP contribution in [-0.4, -0.2) is 101 Å². The molecule has 0 saturated carbocycles. The second-order valence-corrected chi connectivity index (χ2v) is 9.08. The minimum Gasteiger partial charge on any atom is -0.309 e. The van der Waals surface area contributed by atoms with E-state index in [0.717, 1.165) is 52.0 Å². The van der Waals surface area contributed by atoms with Crippen molar-refractivity contribution in [2.45, 2.75) is 19.3 Å². The number of hydrogen-bond acceptors (Lipinski definition) is 4. The van der Waals surface area contributed by atoms with E-state index in [1.807, 2.05) is 18.8 Å². The predicted molar refractivity (Wildman–Crippen MR) is 101 cm³/mol. The number of nitrogens with two attached hydrogens (primary N) is 1. The average molecular weight is 350 g/mol. The highest BCUT2D eigenvalue weighted by Gasteiger charge is 2.24. The van der Waals surface area contributed by atoms with E-state index in [2.05, 4.69) is 48.0 Å². The van der Waals surface area contributed by atoms with Gasteiger partial charge in [-0.2, -0.15) is 0 Å². The lowest BCUT2D eigenvalue weighted by Gasteiger charge is -2.30. The average Bonchev–Trinajstić information content (AvgIpc) is 2.41. The molecular formula is C15H39N6OP. The molecule has 0 saturated heterocycles. The van der Waals surface area contributed by atoms with Gasteiger partial charge in [-0.3, -0.25) is 10.1 Å². The van der Waals surface area contributed by atoms with Gasteiger partial charge in [0, 0.05) is 19.6 Å². The summed E-state index contributed by atoms with van der Waals surface area (Å²) in [4.78, 5) is 6.41. The molecule has 0 fully saturated rings. The van der Waals surface area contributed by atoms with Crippen molar-refractivity contribution in [3.05, 3.63) is 0 Å². The van der Waals surface area contributed by atoms with E-state index in [4.69, 9.17) is 5.50 Å². The first-order valence-electron chi connectivity index (χ1n) is 8.48. The van der Waals surface area contributed by atoms with Crippen LogP contribution in [0.5, 0.6) is 0 Å². The SMILES string of the molecule is CN(C)CCCNP(N)(=O)N(CCCN(C)C)CCCN(C)C. The number of nitrogens with one attached hydrogen (secondary N) is 1. The standard InChI is InChI=1S/C15H39N6OP/c1-18(2)11-7-10-17-23(16,22)21(14-8-12-19(3)4)15-9-13-20(5)6/h7-15H2,1-6H3,(H3,16,17,22). The van der Waals surface area contributed by atoms with Crippen LogP contribution in [0.25, 0.3) is 0 Å². The van der Waals surface area contributed by atoms with Crippen LogP contribution in [0.4, 0.5) is 0 Å². The van der Waals surface area contributed by atoms with Gasteiger partial charge >= 0.3 is 0 Å². The fraction of sp³-hybridized carbons (Fsp3) is 1.00. The number of nitrogens with zero attached hydrogens (tertiary/aromatic N) is 4. The Labute approximate surface area is 143 Å². The zero-order valence-electron chi connectivity index (χ0n) is 16.1. The maximum Gasteiger partial charge on any atom is 0.279 e. The van der Waals surface area contributed by atoms with Gasteiger partial charge < -0.3 is 14.7 Å². The maximum absolute atomic E-state index is 12.9. The summed E-state index contributed by atoms with van der Waals surface area (Å²) in [5.74, 6) is 0. The molecule has 0 aliphatic rings. The smallest absolute Gasteiger partial charge is 0.279 e. The largest absolute Gasteiger partial charge is 0.309 e.